The van der Waals surface area contributed by atoms with Gasteiger partial charge in [-0.1, -0.05) is 18.2 Å². The van der Waals surface area contributed by atoms with Crippen LogP contribution >= 0.6 is 0 Å². The van der Waals surface area contributed by atoms with Crippen LogP contribution in [0.5, 0.6) is 0 Å². The molecule has 2 rings (SSSR count). The number of aromatic amines is 1. The Kier molecular flexibility index (Phi) is 4.50. The highest BCUT2D eigenvalue weighted by Crippen LogP contribution is 2.12. The van der Waals surface area contributed by atoms with Gasteiger partial charge in [0.15, 0.2) is 0 Å². The van der Waals surface area contributed by atoms with Gasteiger partial charge < -0.3 is 5.11 Å². The molecular weight excluding hydrogens is 287 g/mol. The van der Waals surface area contributed by atoms with Crippen LogP contribution < -0.4 is 16.0 Å². The zero-order valence-corrected chi connectivity index (χ0v) is 12.2. The molecule has 0 saturated carbocycles. The zero-order chi connectivity index (χ0) is 16.3. The molecule has 5 nitrogen and oxygen atoms in total. The number of hydrogen-bond acceptors (Lipinski definition) is 3. The fourth-order valence-electron chi connectivity index (χ4n) is 2.30. The van der Waals surface area contributed by atoms with Crippen molar-refractivity contribution in [1.82, 2.24) is 10.2 Å². The van der Waals surface area contributed by atoms with E-state index in [1.54, 1.807) is 26.0 Å². The first-order valence-corrected chi connectivity index (χ1v) is 6.70. The SMILES string of the molecule is CC=c1c(Cc2ccc(F)c(C(=O)O)c2)n[nH]c(=O)c1=CC. The number of nitrogens with one attached hydrogen (secondary N) is 1. The number of nitrogens with zero attached hydrogens (tertiary/aromatic N) is 1. The van der Waals surface area contributed by atoms with Gasteiger partial charge in [-0.2, -0.15) is 5.10 Å². The van der Waals surface area contributed by atoms with Crippen LogP contribution in [0.15, 0.2) is 23.0 Å². The molecule has 0 unspecified atom stereocenters. The molecule has 0 amide bonds. The number of benzene rings is 1. The lowest BCUT2D eigenvalue weighted by Crippen LogP contribution is -2.43. The van der Waals surface area contributed by atoms with Gasteiger partial charge in [-0.3, -0.25) is 4.79 Å². The number of rotatable bonds is 3. The minimum Gasteiger partial charge on any atom is -0.478 e. The molecule has 0 radical (unpaired) electrons. The van der Waals surface area contributed by atoms with Crippen molar-refractivity contribution in [3.8, 4) is 0 Å². The normalized spacial score (nSPS) is 12.7. The van der Waals surface area contributed by atoms with Crippen molar-refractivity contribution < 1.29 is 14.3 Å². The maximum absolute atomic E-state index is 13.4. The molecule has 1 aromatic carbocycles. The van der Waals surface area contributed by atoms with Crippen LogP contribution in [-0.2, 0) is 6.42 Å². The Morgan fingerprint density at radius 3 is 2.59 bits per heavy atom. The van der Waals surface area contributed by atoms with Crippen LogP contribution in [0.3, 0.4) is 0 Å². The van der Waals surface area contributed by atoms with Gasteiger partial charge >= 0.3 is 5.97 Å². The lowest BCUT2D eigenvalue weighted by Gasteiger charge is -2.05. The molecule has 0 aliphatic heterocycles. The minimum atomic E-state index is -1.32. The Bertz CT molecular complexity index is 901. The van der Waals surface area contributed by atoms with E-state index in [1.807, 2.05) is 0 Å². The summed E-state index contributed by atoms with van der Waals surface area (Å²) in [6.07, 6.45) is 3.75. The van der Waals surface area contributed by atoms with Crippen LogP contribution in [0.25, 0.3) is 12.2 Å². The average Bonchev–Trinajstić information content (AvgIpc) is 2.50. The summed E-state index contributed by atoms with van der Waals surface area (Å²) in [5, 5.41) is 16.6. The number of aromatic carboxylic acids is 1. The molecule has 0 aliphatic rings. The number of hydrogen-bond donors (Lipinski definition) is 2. The molecule has 1 aromatic heterocycles. The van der Waals surface area contributed by atoms with Gasteiger partial charge in [0.2, 0.25) is 0 Å². The Morgan fingerprint density at radius 1 is 1.32 bits per heavy atom. The third kappa shape index (κ3) is 2.95. The maximum atomic E-state index is 13.4. The Morgan fingerprint density at radius 2 is 2.00 bits per heavy atom. The molecule has 0 aliphatic carbocycles. The highest BCUT2D eigenvalue weighted by atomic mass is 19.1. The number of H-pyrrole nitrogens is 1. The van der Waals surface area contributed by atoms with Gasteiger partial charge in [-0.05, 0) is 31.5 Å². The van der Waals surface area contributed by atoms with Crippen molar-refractivity contribution in [2.24, 2.45) is 0 Å². The van der Waals surface area contributed by atoms with E-state index in [0.717, 1.165) is 6.07 Å². The van der Waals surface area contributed by atoms with Crippen LogP contribution in [-0.4, -0.2) is 21.3 Å². The Balaban J connectivity index is 2.56. The van der Waals surface area contributed by atoms with Crippen molar-refractivity contribution in [2.75, 3.05) is 0 Å². The first-order chi connectivity index (χ1) is 10.5. The molecule has 0 saturated heterocycles. The summed E-state index contributed by atoms with van der Waals surface area (Å²) in [5.74, 6) is -2.10. The van der Waals surface area contributed by atoms with E-state index in [-0.39, 0.29) is 17.5 Å². The summed E-state index contributed by atoms with van der Waals surface area (Å²) in [6, 6.07) is 3.90. The van der Waals surface area contributed by atoms with Crippen molar-refractivity contribution >= 4 is 18.1 Å². The topological polar surface area (TPSA) is 83.0 Å². The number of carbonyl (C=O) groups is 1. The summed E-state index contributed by atoms with van der Waals surface area (Å²) < 4.78 is 13.4. The predicted octanol–water partition coefficient (Wildman–Crippen LogP) is 0.799. The van der Waals surface area contributed by atoms with Gasteiger partial charge in [0.1, 0.15) is 5.82 Å². The third-order valence-corrected chi connectivity index (χ3v) is 3.35. The highest BCUT2D eigenvalue weighted by Gasteiger charge is 2.12. The molecule has 2 aromatic rings. The van der Waals surface area contributed by atoms with Gasteiger partial charge in [-0.15, -0.1) is 0 Å². The van der Waals surface area contributed by atoms with Gasteiger partial charge in [-0.25, -0.2) is 14.3 Å². The number of halogens is 1. The van der Waals surface area contributed by atoms with E-state index in [4.69, 9.17) is 5.11 Å². The van der Waals surface area contributed by atoms with E-state index < -0.39 is 11.8 Å². The number of carboxylic acids is 1. The standard InChI is InChI=1S/C16H15FN2O3/c1-3-10-11(4-2)15(20)19-18-14(10)8-9-5-6-13(17)12(7-9)16(21)22/h3-7H,8H2,1-2H3,(H,19,20)(H,21,22). The van der Waals surface area contributed by atoms with Crippen LogP contribution in [0.2, 0.25) is 0 Å². The maximum Gasteiger partial charge on any atom is 0.338 e. The van der Waals surface area contributed by atoms with Gasteiger partial charge in [0.05, 0.1) is 11.3 Å². The van der Waals surface area contributed by atoms with Gasteiger partial charge in [0.25, 0.3) is 5.56 Å². The first-order valence-electron chi connectivity index (χ1n) is 6.70. The van der Waals surface area contributed by atoms with Crippen LogP contribution in [0.1, 0.15) is 35.5 Å². The van der Waals surface area contributed by atoms with Gasteiger partial charge in [0, 0.05) is 16.9 Å². The molecule has 0 bridgehead atoms. The largest absolute Gasteiger partial charge is 0.478 e. The molecule has 0 spiro atoms. The summed E-state index contributed by atoms with van der Waals surface area (Å²) in [7, 11) is 0. The van der Waals surface area contributed by atoms with Crippen molar-refractivity contribution in [3.05, 3.63) is 61.6 Å². The van der Waals surface area contributed by atoms with E-state index in [0.29, 0.717) is 21.7 Å². The highest BCUT2D eigenvalue weighted by molar-refractivity contribution is 5.88. The van der Waals surface area contributed by atoms with E-state index in [2.05, 4.69) is 10.2 Å². The van der Waals surface area contributed by atoms with Crippen molar-refractivity contribution in [2.45, 2.75) is 20.3 Å². The first kappa shape index (κ1) is 15.6. The van der Waals surface area contributed by atoms with E-state index in [1.165, 1.54) is 12.1 Å². The Hall–Kier alpha value is -2.76. The fourth-order valence-corrected chi connectivity index (χ4v) is 2.30. The number of aromatic nitrogens is 2. The minimum absolute atomic E-state index is 0.287. The molecule has 22 heavy (non-hydrogen) atoms. The average molecular weight is 302 g/mol. The molecule has 1 heterocycles. The Labute approximate surface area is 125 Å². The fraction of sp³-hybridized carbons (Fsp3) is 0.188. The van der Waals surface area contributed by atoms with E-state index >= 15 is 0 Å². The third-order valence-electron chi connectivity index (χ3n) is 3.35. The molecule has 0 atom stereocenters. The van der Waals surface area contributed by atoms with Crippen molar-refractivity contribution in [3.63, 3.8) is 0 Å². The second-order valence-electron chi connectivity index (χ2n) is 4.70. The summed E-state index contributed by atoms with van der Waals surface area (Å²) in [4.78, 5) is 22.7. The number of carboxylic acid groups (broad SMARTS) is 1. The smallest absolute Gasteiger partial charge is 0.338 e. The summed E-state index contributed by atoms with van der Waals surface area (Å²) in [6.45, 7) is 3.54. The lowest BCUT2D eigenvalue weighted by atomic mass is 10.0. The molecule has 114 valence electrons. The summed E-state index contributed by atoms with van der Waals surface area (Å²) in [5.41, 5.74) is 0.526. The van der Waals surface area contributed by atoms with Crippen LogP contribution in [0.4, 0.5) is 4.39 Å². The molecular formula is C16H15FN2O3. The lowest BCUT2D eigenvalue weighted by molar-refractivity contribution is 0.0691. The molecule has 0 fully saturated rings. The predicted molar refractivity (Wildman–Crippen MR) is 80.6 cm³/mol. The quantitative estimate of drug-likeness (QED) is 0.878. The summed E-state index contributed by atoms with van der Waals surface area (Å²) >= 11 is 0. The zero-order valence-electron chi connectivity index (χ0n) is 12.2. The second kappa shape index (κ2) is 6.34. The van der Waals surface area contributed by atoms with Crippen LogP contribution in [0, 0.1) is 5.82 Å². The van der Waals surface area contributed by atoms with E-state index in [9.17, 15) is 14.0 Å². The second-order valence-corrected chi connectivity index (χ2v) is 4.70. The molecule has 6 heteroatoms. The molecule has 2 N–H and O–H groups in total. The monoisotopic (exact) mass is 302 g/mol. The van der Waals surface area contributed by atoms with Crippen molar-refractivity contribution in [1.29, 1.82) is 0 Å².